The van der Waals surface area contributed by atoms with Crippen molar-refractivity contribution in [2.24, 2.45) is 5.73 Å². The molecule has 1 aromatic carbocycles. The lowest BCUT2D eigenvalue weighted by molar-refractivity contribution is 0.142. The molecule has 0 spiro atoms. The van der Waals surface area contributed by atoms with Crippen LogP contribution in [0, 0.1) is 23.7 Å². The quantitative estimate of drug-likeness (QED) is 0.111. The Labute approximate surface area is 314 Å². The fourth-order valence-corrected chi connectivity index (χ4v) is 8.08. The van der Waals surface area contributed by atoms with Crippen molar-refractivity contribution in [3.05, 3.63) is 100 Å². The molecular weight excluding hydrogens is 708 g/mol. The maximum absolute atomic E-state index is 13.5. The van der Waals surface area contributed by atoms with Crippen LogP contribution in [-0.2, 0) is 36.0 Å². The summed E-state index contributed by atoms with van der Waals surface area (Å²) < 4.78 is 48.7. The van der Waals surface area contributed by atoms with Gasteiger partial charge in [0.15, 0.2) is 0 Å². The van der Waals surface area contributed by atoms with Gasteiger partial charge in [0.25, 0.3) is 0 Å². The van der Waals surface area contributed by atoms with Crippen LogP contribution >= 0.6 is 14.7 Å². The molecule has 53 heavy (non-hydrogen) atoms. The van der Waals surface area contributed by atoms with Crippen molar-refractivity contribution in [2.45, 2.75) is 39.5 Å². The first kappa shape index (κ1) is 41.9. The highest BCUT2D eigenvalue weighted by atomic mass is 31.2. The Hall–Kier alpha value is -3.86. The van der Waals surface area contributed by atoms with E-state index in [1.54, 1.807) is 39.7 Å². The predicted octanol–water partition coefficient (Wildman–Crippen LogP) is 4.83. The molecule has 3 unspecified atom stereocenters. The van der Waals surface area contributed by atoms with Gasteiger partial charge >= 0.3 is 0 Å². The Balaban J connectivity index is 1.49. The monoisotopic (exact) mass is 759 g/mol. The number of rotatable bonds is 17. The minimum absolute atomic E-state index is 0.0584. The van der Waals surface area contributed by atoms with E-state index in [9.17, 15) is 9.13 Å². The van der Waals surface area contributed by atoms with Crippen LogP contribution in [0.4, 0.5) is 0 Å². The van der Waals surface area contributed by atoms with Gasteiger partial charge < -0.3 is 29.6 Å². The SMILES string of the molecule is CCOP(C)(=O)c1cc(C#CC2=CCC(OC)C=C2)cc(CNCCN(CCN)Cc2cc(C#Cc3ccc(OC)cc3)cc(P(C)(=O)OCC)n2)n1. The van der Waals surface area contributed by atoms with Gasteiger partial charge in [-0.1, -0.05) is 35.8 Å². The van der Waals surface area contributed by atoms with E-state index in [1.807, 2.05) is 68.5 Å². The molecule has 11 nitrogen and oxygen atoms in total. The molecule has 3 atom stereocenters. The average Bonchev–Trinajstić information content (AvgIpc) is 3.15. The molecule has 0 saturated carbocycles. The topological polar surface area (TPSA) is 138 Å². The smallest absolute Gasteiger partial charge is 0.247 e. The molecule has 0 aliphatic heterocycles. The van der Waals surface area contributed by atoms with Gasteiger partial charge in [-0.2, -0.15) is 0 Å². The average molecular weight is 760 g/mol. The van der Waals surface area contributed by atoms with Gasteiger partial charge in [0, 0.05) is 82.0 Å². The lowest BCUT2D eigenvalue weighted by Crippen LogP contribution is -2.36. The number of nitrogens with zero attached hydrogens (tertiary/aromatic N) is 3. The fourth-order valence-electron chi connectivity index (χ4n) is 5.47. The van der Waals surface area contributed by atoms with Gasteiger partial charge in [0.05, 0.1) is 37.8 Å². The van der Waals surface area contributed by atoms with Gasteiger partial charge in [-0.3, -0.25) is 14.0 Å². The maximum Gasteiger partial charge on any atom is 0.247 e. The number of nitrogens with two attached hydrogens (primary N) is 1. The summed E-state index contributed by atoms with van der Waals surface area (Å²) in [7, 11) is -3.01. The third-order valence-electron chi connectivity index (χ3n) is 8.21. The van der Waals surface area contributed by atoms with Gasteiger partial charge in [-0.05, 0) is 74.9 Å². The highest BCUT2D eigenvalue weighted by Crippen LogP contribution is 2.41. The number of benzene rings is 1. The Kier molecular flexibility index (Phi) is 16.2. The molecule has 1 aliphatic carbocycles. The number of nitrogens with one attached hydrogen (secondary N) is 1. The molecule has 0 fully saturated rings. The van der Waals surface area contributed by atoms with E-state index >= 15 is 0 Å². The van der Waals surface area contributed by atoms with Crippen LogP contribution in [0.5, 0.6) is 5.75 Å². The third kappa shape index (κ3) is 13.2. The molecule has 0 bridgehead atoms. The molecule has 2 aromatic heterocycles. The predicted molar refractivity (Wildman–Crippen MR) is 213 cm³/mol. The second-order valence-electron chi connectivity index (χ2n) is 12.4. The van der Waals surface area contributed by atoms with Gasteiger partial charge in [0.2, 0.25) is 14.7 Å². The second kappa shape index (κ2) is 20.6. The van der Waals surface area contributed by atoms with Crippen LogP contribution in [0.2, 0.25) is 0 Å². The first-order chi connectivity index (χ1) is 25.5. The summed E-state index contributed by atoms with van der Waals surface area (Å²) >= 11 is 0. The van der Waals surface area contributed by atoms with Crippen molar-refractivity contribution in [1.82, 2.24) is 20.2 Å². The van der Waals surface area contributed by atoms with E-state index in [2.05, 4.69) is 33.9 Å². The molecule has 1 aliphatic rings. The Morgan fingerprint density at radius 3 is 2.02 bits per heavy atom. The van der Waals surface area contributed by atoms with E-state index in [1.165, 1.54) is 0 Å². The molecule has 3 N–H and O–H groups in total. The van der Waals surface area contributed by atoms with Crippen molar-refractivity contribution < 1.29 is 27.7 Å². The zero-order valence-corrected chi connectivity index (χ0v) is 33.3. The number of hydrogen-bond donors (Lipinski definition) is 2. The summed E-state index contributed by atoms with van der Waals surface area (Å²) in [6.45, 7) is 10.6. The highest BCUT2D eigenvalue weighted by Gasteiger charge is 2.23. The van der Waals surface area contributed by atoms with Crippen molar-refractivity contribution in [3.63, 3.8) is 0 Å². The first-order valence-corrected chi connectivity index (χ1v) is 21.8. The van der Waals surface area contributed by atoms with Crippen LogP contribution in [0.1, 0.15) is 48.3 Å². The molecule has 0 amide bonds. The fraction of sp³-hybridized carbons (Fsp3) is 0.400. The number of ether oxygens (including phenoxy) is 2. The lowest BCUT2D eigenvalue weighted by Gasteiger charge is -2.22. The van der Waals surface area contributed by atoms with E-state index in [0.29, 0.717) is 85.9 Å². The van der Waals surface area contributed by atoms with Crippen LogP contribution in [0.15, 0.2) is 72.3 Å². The number of methoxy groups -OCH3 is 2. The lowest BCUT2D eigenvalue weighted by atomic mass is 10.0. The Morgan fingerprint density at radius 1 is 0.849 bits per heavy atom. The Morgan fingerprint density at radius 2 is 1.45 bits per heavy atom. The number of hydrogen-bond acceptors (Lipinski definition) is 11. The second-order valence-corrected chi connectivity index (χ2v) is 17.3. The third-order valence-corrected chi connectivity index (χ3v) is 11.8. The summed E-state index contributed by atoms with van der Waals surface area (Å²) in [5, 5.41) is 3.47. The zero-order valence-electron chi connectivity index (χ0n) is 31.6. The summed E-state index contributed by atoms with van der Waals surface area (Å²) in [6.07, 6.45) is 6.82. The summed E-state index contributed by atoms with van der Waals surface area (Å²) in [5.41, 5.74) is 11.3. The minimum atomic E-state index is -3.17. The highest BCUT2D eigenvalue weighted by molar-refractivity contribution is 7.66. The van der Waals surface area contributed by atoms with Crippen LogP contribution in [-0.4, -0.2) is 87.9 Å². The van der Waals surface area contributed by atoms with E-state index in [-0.39, 0.29) is 6.10 Å². The largest absolute Gasteiger partial charge is 0.497 e. The molecule has 0 radical (unpaired) electrons. The van der Waals surface area contributed by atoms with Gasteiger partial charge in [-0.25, -0.2) is 9.97 Å². The van der Waals surface area contributed by atoms with Crippen molar-refractivity contribution in [1.29, 1.82) is 0 Å². The molecule has 282 valence electrons. The van der Waals surface area contributed by atoms with Crippen LogP contribution < -0.4 is 26.7 Å². The number of pyridine rings is 2. The van der Waals surface area contributed by atoms with E-state index in [4.69, 9.17) is 34.2 Å². The maximum atomic E-state index is 13.5. The standard InChI is InChI=1S/C40H51N5O6P2/c1-7-50-52(5,46)39-27-33(11-9-31-13-17-37(48-3)18-14-31)25-35(43-39)29-42-22-24-45(23-21-41)30-36-26-34(28-40(44-36)53(6,47)51-8-2)12-10-32-15-19-38(49-4)20-16-32/h13-17,19-20,25-28,37,42H,7-8,18,21-24,29-30,41H2,1-6H3. The molecule has 13 heteroatoms. The van der Waals surface area contributed by atoms with Crippen LogP contribution in [0.3, 0.4) is 0 Å². The van der Waals surface area contributed by atoms with Crippen LogP contribution in [0.25, 0.3) is 0 Å². The molecule has 3 aromatic rings. The molecule has 2 heterocycles. The molecule has 4 rings (SSSR count). The van der Waals surface area contributed by atoms with Crippen molar-refractivity contribution in [3.8, 4) is 29.4 Å². The first-order valence-electron chi connectivity index (χ1n) is 17.7. The Bertz CT molecular complexity index is 1980. The summed E-state index contributed by atoms with van der Waals surface area (Å²) in [6, 6.07) is 14.8. The minimum Gasteiger partial charge on any atom is -0.497 e. The molecule has 0 saturated heterocycles. The molecular formula is C40H51N5O6P2. The van der Waals surface area contributed by atoms with Crippen molar-refractivity contribution >= 4 is 25.6 Å². The van der Waals surface area contributed by atoms with E-state index in [0.717, 1.165) is 23.3 Å². The summed E-state index contributed by atoms with van der Waals surface area (Å²) in [5.74, 6) is 13.6. The normalized spacial score (nSPS) is 16.1. The number of allylic oxidation sites excluding steroid dienone is 2. The van der Waals surface area contributed by atoms with Gasteiger partial charge in [0.1, 0.15) is 16.6 Å². The summed E-state index contributed by atoms with van der Waals surface area (Å²) in [4.78, 5) is 11.6. The van der Waals surface area contributed by atoms with Crippen molar-refractivity contribution in [2.75, 3.05) is 66.9 Å². The zero-order chi connectivity index (χ0) is 38.3. The van der Waals surface area contributed by atoms with E-state index < -0.39 is 14.7 Å². The van der Waals surface area contributed by atoms with Gasteiger partial charge in [-0.15, -0.1) is 0 Å². The number of aromatic nitrogens is 2.